The van der Waals surface area contributed by atoms with Crippen LogP contribution in [-0.4, -0.2) is 38.4 Å². The van der Waals surface area contributed by atoms with E-state index in [0.29, 0.717) is 29.9 Å². The molecule has 0 aliphatic heterocycles. The Labute approximate surface area is 191 Å². The van der Waals surface area contributed by atoms with Crippen LogP contribution in [-0.2, 0) is 6.54 Å². The quantitative estimate of drug-likeness (QED) is 0.388. The van der Waals surface area contributed by atoms with Crippen molar-refractivity contribution in [1.29, 1.82) is 0 Å². The van der Waals surface area contributed by atoms with Gasteiger partial charge >= 0.3 is 0 Å². The van der Waals surface area contributed by atoms with Crippen LogP contribution in [0.5, 0.6) is 0 Å². The van der Waals surface area contributed by atoms with E-state index in [4.69, 9.17) is 5.73 Å². The maximum absolute atomic E-state index is 13.1. The van der Waals surface area contributed by atoms with E-state index < -0.39 is 6.04 Å². The maximum Gasteiger partial charge on any atom is 0.255 e. The van der Waals surface area contributed by atoms with Gasteiger partial charge in [0, 0.05) is 48.0 Å². The third kappa shape index (κ3) is 5.69. The first-order chi connectivity index (χ1) is 16.1. The van der Waals surface area contributed by atoms with Crippen molar-refractivity contribution < 1.29 is 9.59 Å². The summed E-state index contributed by atoms with van der Waals surface area (Å²) in [5, 5.41) is 9.68. The standard InChI is InChI=1S/C25H24N6O2/c26-23(18-6-8-19(9-7-18)24(32)29-21-10-13-27-14-11-21)17-31(16-22-12-15-28-30-22)25(33)20-4-2-1-3-5-20/h1-15,23H,16-17,26H2,(H,28,30)(H,27,29,32). The highest BCUT2D eigenvalue weighted by Gasteiger charge is 2.20. The van der Waals surface area contributed by atoms with E-state index in [-0.39, 0.29) is 11.8 Å². The van der Waals surface area contributed by atoms with E-state index in [0.717, 1.165) is 11.3 Å². The second kappa shape index (κ2) is 10.3. The zero-order chi connectivity index (χ0) is 23.0. The first-order valence-corrected chi connectivity index (χ1v) is 10.5. The van der Waals surface area contributed by atoms with Gasteiger partial charge in [0.25, 0.3) is 11.8 Å². The van der Waals surface area contributed by atoms with Gasteiger partial charge in [0.2, 0.25) is 0 Å². The van der Waals surface area contributed by atoms with Crippen LogP contribution in [0.3, 0.4) is 0 Å². The fourth-order valence-corrected chi connectivity index (χ4v) is 3.42. The van der Waals surface area contributed by atoms with Crippen LogP contribution in [0.2, 0.25) is 0 Å². The summed E-state index contributed by atoms with van der Waals surface area (Å²) in [5.74, 6) is -0.338. The molecule has 0 aliphatic rings. The van der Waals surface area contributed by atoms with Crippen LogP contribution < -0.4 is 11.1 Å². The molecule has 2 heterocycles. The Hall–Kier alpha value is -4.30. The first kappa shape index (κ1) is 21.9. The summed E-state index contributed by atoms with van der Waals surface area (Å²) in [4.78, 5) is 31.2. The third-order valence-electron chi connectivity index (χ3n) is 5.18. The van der Waals surface area contributed by atoms with E-state index >= 15 is 0 Å². The van der Waals surface area contributed by atoms with Gasteiger partial charge in [-0.05, 0) is 48.0 Å². The summed E-state index contributed by atoms with van der Waals surface area (Å²) in [6, 6.07) is 21.0. The van der Waals surface area contributed by atoms with Crippen molar-refractivity contribution in [2.75, 3.05) is 11.9 Å². The largest absolute Gasteiger partial charge is 0.331 e. The first-order valence-electron chi connectivity index (χ1n) is 10.5. The van der Waals surface area contributed by atoms with Gasteiger partial charge in [-0.25, -0.2) is 0 Å². The number of hydrogen-bond donors (Lipinski definition) is 3. The molecule has 0 aliphatic carbocycles. The molecule has 0 fully saturated rings. The molecule has 1 atom stereocenters. The Balaban J connectivity index is 1.46. The number of carbonyl (C=O) groups excluding carboxylic acids is 2. The molecule has 0 saturated heterocycles. The van der Waals surface area contributed by atoms with E-state index in [1.807, 2.05) is 36.4 Å². The normalized spacial score (nSPS) is 11.5. The van der Waals surface area contributed by atoms with Crippen molar-refractivity contribution in [2.45, 2.75) is 12.6 Å². The lowest BCUT2D eigenvalue weighted by atomic mass is 10.0. The SMILES string of the molecule is NC(CN(Cc1ccn[nH]1)C(=O)c1ccccc1)c1ccc(C(=O)Nc2ccncc2)cc1. The molecule has 8 heteroatoms. The molecular formula is C25H24N6O2. The van der Waals surface area contributed by atoms with Crippen LogP contribution in [0.1, 0.15) is 38.0 Å². The Kier molecular flexibility index (Phi) is 6.87. The number of anilines is 1. The number of aromatic amines is 1. The zero-order valence-electron chi connectivity index (χ0n) is 17.9. The van der Waals surface area contributed by atoms with Gasteiger partial charge < -0.3 is 16.0 Å². The van der Waals surface area contributed by atoms with Gasteiger partial charge in [0.15, 0.2) is 0 Å². The topological polar surface area (TPSA) is 117 Å². The lowest BCUT2D eigenvalue weighted by molar-refractivity contribution is 0.0730. The summed E-state index contributed by atoms with van der Waals surface area (Å²) in [6.07, 6.45) is 4.88. The Morgan fingerprint density at radius 2 is 1.64 bits per heavy atom. The molecule has 8 nitrogen and oxygen atoms in total. The molecule has 2 aromatic carbocycles. The van der Waals surface area contributed by atoms with Gasteiger partial charge in [-0.15, -0.1) is 0 Å². The van der Waals surface area contributed by atoms with E-state index in [1.165, 1.54) is 0 Å². The summed E-state index contributed by atoms with van der Waals surface area (Å²) in [7, 11) is 0. The molecule has 0 spiro atoms. The summed E-state index contributed by atoms with van der Waals surface area (Å²) in [6.45, 7) is 0.656. The van der Waals surface area contributed by atoms with E-state index in [9.17, 15) is 9.59 Å². The highest BCUT2D eigenvalue weighted by molar-refractivity contribution is 6.04. The highest BCUT2D eigenvalue weighted by atomic mass is 16.2. The van der Waals surface area contributed by atoms with Crippen molar-refractivity contribution in [2.24, 2.45) is 5.73 Å². The summed E-state index contributed by atoms with van der Waals surface area (Å²) < 4.78 is 0. The number of carbonyl (C=O) groups is 2. The van der Waals surface area contributed by atoms with Gasteiger partial charge in [-0.2, -0.15) is 5.10 Å². The average molecular weight is 441 g/mol. The second-order valence-corrected chi connectivity index (χ2v) is 7.55. The molecule has 0 radical (unpaired) electrons. The fourth-order valence-electron chi connectivity index (χ4n) is 3.42. The molecule has 166 valence electrons. The fraction of sp³-hybridized carbons (Fsp3) is 0.120. The number of rotatable bonds is 8. The van der Waals surface area contributed by atoms with Crippen LogP contribution in [0, 0.1) is 0 Å². The van der Waals surface area contributed by atoms with Gasteiger partial charge in [0.1, 0.15) is 0 Å². The molecule has 33 heavy (non-hydrogen) atoms. The van der Waals surface area contributed by atoms with Crippen molar-refractivity contribution in [3.8, 4) is 0 Å². The molecule has 1 unspecified atom stereocenters. The molecule has 4 rings (SSSR count). The van der Waals surface area contributed by atoms with Crippen LogP contribution in [0.25, 0.3) is 0 Å². The number of pyridine rings is 1. The van der Waals surface area contributed by atoms with Gasteiger partial charge in [-0.1, -0.05) is 30.3 Å². The third-order valence-corrected chi connectivity index (χ3v) is 5.18. The van der Waals surface area contributed by atoms with Crippen molar-refractivity contribution in [1.82, 2.24) is 20.1 Å². The van der Waals surface area contributed by atoms with Crippen LogP contribution in [0.4, 0.5) is 5.69 Å². The maximum atomic E-state index is 13.1. The van der Waals surface area contributed by atoms with Crippen LogP contribution >= 0.6 is 0 Å². The Morgan fingerprint density at radius 1 is 0.909 bits per heavy atom. The number of amides is 2. The molecular weight excluding hydrogens is 416 g/mol. The number of aromatic nitrogens is 3. The number of H-pyrrole nitrogens is 1. The lowest BCUT2D eigenvalue weighted by Crippen LogP contribution is -2.37. The number of nitrogens with two attached hydrogens (primary N) is 1. The minimum atomic E-state index is -0.433. The minimum Gasteiger partial charge on any atom is -0.331 e. The Morgan fingerprint density at radius 3 is 2.30 bits per heavy atom. The molecule has 2 aromatic heterocycles. The van der Waals surface area contributed by atoms with Crippen molar-refractivity contribution in [3.05, 3.63) is 114 Å². The zero-order valence-corrected chi connectivity index (χ0v) is 17.9. The molecule has 2 amide bonds. The number of nitrogens with zero attached hydrogens (tertiary/aromatic N) is 3. The summed E-state index contributed by atoms with van der Waals surface area (Å²) >= 11 is 0. The Bertz CT molecular complexity index is 1180. The van der Waals surface area contributed by atoms with Crippen molar-refractivity contribution >= 4 is 17.5 Å². The minimum absolute atomic E-state index is 0.117. The number of nitrogens with one attached hydrogen (secondary N) is 2. The number of hydrogen-bond acceptors (Lipinski definition) is 5. The van der Waals surface area contributed by atoms with Gasteiger partial charge in [0.05, 0.1) is 12.2 Å². The monoisotopic (exact) mass is 440 g/mol. The predicted molar refractivity (Wildman–Crippen MR) is 125 cm³/mol. The van der Waals surface area contributed by atoms with E-state index in [1.54, 1.807) is 59.9 Å². The summed E-state index contributed by atoms with van der Waals surface area (Å²) in [5.41, 5.74) is 9.88. The van der Waals surface area contributed by atoms with Crippen LogP contribution in [0.15, 0.2) is 91.4 Å². The second-order valence-electron chi connectivity index (χ2n) is 7.55. The molecule has 4 N–H and O–H groups in total. The number of benzene rings is 2. The predicted octanol–water partition coefficient (Wildman–Crippen LogP) is 3.40. The van der Waals surface area contributed by atoms with Gasteiger partial charge in [-0.3, -0.25) is 19.7 Å². The highest BCUT2D eigenvalue weighted by Crippen LogP contribution is 2.17. The lowest BCUT2D eigenvalue weighted by Gasteiger charge is -2.26. The van der Waals surface area contributed by atoms with Crippen molar-refractivity contribution in [3.63, 3.8) is 0 Å². The molecule has 0 bridgehead atoms. The average Bonchev–Trinajstić information content (AvgIpc) is 3.37. The smallest absolute Gasteiger partial charge is 0.255 e. The molecule has 0 saturated carbocycles. The molecule has 4 aromatic rings. The van der Waals surface area contributed by atoms with E-state index in [2.05, 4.69) is 20.5 Å².